The molecule has 0 saturated heterocycles. The van der Waals surface area contributed by atoms with Gasteiger partial charge in [0, 0.05) is 19.0 Å². The van der Waals surface area contributed by atoms with Gasteiger partial charge in [-0.1, -0.05) is 12.8 Å². The summed E-state index contributed by atoms with van der Waals surface area (Å²) >= 11 is 0. The molecule has 0 aromatic heterocycles. The van der Waals surface area contributed by atoms with E-state index >= 15 is 0 Å². The summed E-state index contributed by atoms with van der Waals surface area (Å²) in [5.74, 6) is 4.92. The number of aliphatic hydroxyl groups excluding tert-OH is 1. The third-order valence-corrected chi connectivity index (χ3v) is 3.49. The first kappa shape index (κ1) is 14.4. The van der Waals surface area contributed by atoms with Crippen LogP contribution < -0.4 is 11.3 Å². The fourth-order valence-corrected chi connectivity index (χ4v) is 2.21. The fourth-order valence-electron chi connectivity index (χ4n) is 2.21. The van der Waals surface area contributed by atoms with Crippen molar-refractivity contribution in [1.82, 2.24) is 10.3 Å². The number of amides is 1. The number of nitrogens with one attached hydrogen (secondary N) is 1. The van der Waals surface area contributed by atoms with E-state index in [2.05, 4.69) is 10.3 Å². The fraction of sp³-hybridized carbons (Fsp3) is 0.917. The Morgan fingerprint density at radius 2 is 2.06 bits per heavy atom. The summed E-state index contributed by atoms with van der Waals surface area (Å²) in [5.41, 5.74) is 2.14. The normalized spacial score (nSPS) is 15.9. The van der Waals surface area contributed by atoms with Crippen molar-refractivity contribution in [2.75, 3.05) is 19.7 Å². The number of aliphatic hydroxyl groups is 1. The first-order valence-corrected chi connectivity index (χ1v) is 6.62. The van der Waals surface area contributed by atoms with Crippen molar-refractivity contribution in [2.45, 2.75) is 51.0 Å². The standard InChI is InChI=1S/C12H25N3O2/c13-14-12(17)7-2-1-3-8-15(9-10-16)11-5-4-6-11/h11,16H,1-10,13H2,(H,14,17). The van der Waals surface area contributed by atoms with Gasteiger partial charge in [0.2, 0.25) is 5.91 Å². The highest BCUT2D eigenvalue weighted by molar-refractivity contribution is 5.74. The van der Waals surface area contributed by atoms with Gasteiger partial charge < -0.3 is 5.11 Å². The molecule has 4 N–H and O–H groups in total. The molecular formula is C12H25N3O2. The van der Waals surface area contributed by atoms with Crippen molar-refractivity contribution >= 4 is 5.91 Å². The summed E-state index contributed by atoms with van der Waals surface area (Å²) in [6.45, 7) is 2.06. The van der Waals surface area contributed by atoms with Gasteiger partial charge in [0.15, 0.2) is 0 Å². The molecule has 1 aliphatic rings. The van der Waals surface area contributed by atoms with Gasteiger partial charge >= 0.3 is 0 Å². The van der Waals surface area contributed by atoms with Crippen LogP contribution in [0.5, 0.6) is 0 Å². The Balaban J connectivity index is 2.04. The van der Waals surface area contributed by atoms with Crippen LogP contribution >= 0.6 is 0 Å². The molecule has 17 heavy (non-hydrogen) atoms. The van der Waals surface area contributed by atoms with E-state index in [-0.39, 0.29) is 12.5 Å². The molecule has 5 heteroatoms. The van der Waals surface area contributed by atoms with Crippen molar-refractivity contribution in [3.05, 3.63) is 0 Å². The smallest absolute Gasteiger partial charge is 0.233 e. The van der Waals surface area contributed by atoms with E-state index in [1.54, 1.807) is 0 Å². The molecule has 1 fully saturated rings. The average molecular weight is 243 g/mol. The van der Waals surface area contributed by atoms with E-state index in [9.17, 15) is 4.79 Å². The number of rotatable bonds is 9. The molecule has 5 nitrogen and oxygen atoms in total. The topological polar surface area (TPSA) is 78.6 Å². The monoisotopic (exact) mass is 243 g/mol. The van der Waals surface area contributed by atoms with Gasteiger partial charge in [-0.3, -0.25) is 15.1 Å². The van der Waals surface area contributed by atoms with Gasteiger partial charge in [-0.15, -0.1) is 0 Å². The zero-order chi connectivity index (χ0) is 12.5. The van der Waals surface area contributed by atoms with Gasteiger partial charge in [0.25, 0.3) is 0 Å². The summed E-state index contributed by atoms with van der Waals surface area (Å²) in [7, 11) is 0. The lowest BCUT2D eigenvalue weighted by Crippen LogP contribution is -2.42. The number of unbranched alkanes of at least 4 members (excludes halogenated alkanes) is 2. The van der Waals surface area contributed by atoms with E-state index in [1.165, 1.54) is 19.3 Å². The van der Waals surface area contributed by atoms with E-state index in [1.807, 2.05) is 0 Å². The Morgan fingerprint density at radius 3 is 2.59 bits per heavy atom. The lowest BCUT2D eigenvalue weighted by molar-refractivity contribution is -0.121. The summed E-state index contributed by atoms with van der Waals surface area (Å²) in [5, 5.41) is 9.00. The summed E-state index contributed by atoms with van der Waals surface area (Å²) in [4.78, 5) is 13.3. The maximum absolute atomic E-state index is 10.9. The van der Waals surface area contributed by atoms with Crippen molar-refractivity contribution in [3.8, 4) is 0 Å². The number of nitrogens with two attached hydrogens (primary N) is 1. The van der Waals surface area contributed by atoms with E-state index in [0.717, 1.165) is 32.4 Å². The molecule has 0 unspecified atom stereocenters. The maximum Gasteiger partial charge on any atom is 0.233 e. The lowest BCUT2D eigenvalue weighted by atomic mass is 9.91. The minimum atomic E-state index is -0.0868. The minimum absolute atomic E-state index is 0.0868. The highest BCUT2D eigenvalue weighted by Gasteiger charge is 2.23. The van der Waals surface area contributed by atoms with Gasteiger partial charge in [0.1, 0.15) is 0 Å². The Bertz CT molecular complexity index is 220. The zero-order valence-corrected chi connectivity index (χ0v) is 10.5. The predicted octanol–water partition coefficient (Wildman–Crippen LogP) is 0.383. The molecule has 0 spiro atoms. The summed E-state index contributed by atoms with van der Waals surface area (Å²) in [6, 6.07) is 0.689. The first-order valence-electron chi connectivity index (χ1n) is 6.62. The van der Waals surface area contributed by atoms with Crippen LogP contribution in [-0.2, 0) is 4.79 Å². The molecule has 1 rings (SSSR count). The van der Waals surface area contributed by atoms with Gasteiger partial charge in [-0.25, -0.2) is 5.84 Å². The quantitative estimate of drug-likeness (QED) is 0.237. The van der Waals surface area contributed by atoms with E-state index in [4.69, 9.17) is 10.9 Å². The van der Waals surface area contributed by atoms with Crippen LogP contribution in [0, 0.1) is 0 Å². The van der Waals surface area contributed by atoms with Crippen LogP contribution in [0.4, 0.5) is 0 Å². The van der Waals surface area contributed by atoms with Crippen LogP contribution in [0.15, 0.2) is 0 Å². The Hall–Kier alpha value is -0.650. The molecule has 1 amide bonds. The molecule has 1 saturated carbocycles. The van der Waals surface area contributed by atoms with Crippen LogP contribution in [0.2, 0.25) is 0 Å². The maximum atomic E-state index is 10.9. The number of nitrogens with zero attached hydrogens (tertiary/aromatic N) is 1. The van der Waals surface area contributed by atoms with E-state index < -0.39 is 0 Å². The van der Waals surface area contributed by atoms with Crippen molar-refractivity contribution in [2.24, 2.45) is 5.84 Å². The van der Waals surface area contributed by atoms with Crippen molar-refractivity contribution in [1.29, 1.82) is 0 Å². The lowest BCUT2D eigenvalue weighted by Gasteiger charge is -2.37. The van der Waals surface area contributed by atoms with E-state index in [0.29, 0.717) is 12.5 Å². The number of hydrogen-bond donors (Lipinski definition) is 3. The molecule has 0 radical (unpaired) electrons. The first-order chi connectivity index (χ1) is 8.27. The second-order valence-corrected chi connectivity index (χ2v) is 4.72. The molecule has 0 aromatic rings. The summed E-state index contributed by atoms with van der Waals surface area (Å²) < 4.78 is 0. The van der Waals surface area contributed by atoms with Gasteiger partial charge in [-0.2, -0.15) is 0 Å². The number of carbonyl (C=O) groups excluding carboxylic acids is 1. The van der Waals surface area contributed by atoms with Crippen LogP contribution in [0.1, 0.15) is 44.9 Å². The number of hydrazine groups is 1. The highest BCUT2D eigenvalue weighted by Crippen LogP contribution is 2.24. The van der Waals surface area contributed by atoms with Crippen molar-refractivity contribution in [3.63, 3.8) is 0 Å². The predicted molar refractivity (Wildman–Crippen MR) is 67.1 cm³/mol. The van der Waals surface area contributed by atoms with Crippen LogP contribution in [-0.4, -0.2) is 41.7 Å². The Morgan fingerprint density at radius 1 is 1.29 bits per heavy atom. The average Bonchev–Trinajstić information content (AvgIpc) is 2.26. The SMILES string of the molecule is NNC(=O)CCCCCN(CCO)C1CCC1. The van der Waals surface area contributed by atoms with Crippen LogP contribution in [0.25, 0.3) is 0 Å². The third-order valence-electron chi connectivity index (χ3n) is 3.49. The molecular weight excluding hydrogens is 218 g/mol. The number of carbonyl (C=O) groups is 1. The largest absolute Gasteiger partial charge is 0.395 e. The third kappa shape index (κ3) is 5.48. The van der Waals surface area contributed by atoms with Crippen molar-refractivity contribution < 1.29 is 9.90 Å². The molecule has 0 atom stereocenters. The Kier molecular flexibility index (Phi) is 7.16. The molecule has 0 heterocycles. The molecule has 0 aliphatic heterocycles. The zero-order valence-electron chi connectivity index (χ0n) is 10.5. The molecule has 0 bridgehead atoms. The number of hydrogen-bond acceptors (Lipinski definition) is 4. The highest BCUT2D eigenvalue weighted by atomic mass is 16.3. The summed E-state index contributed by atoms with van der Waals surface area (Å²) in [6.07, 6.45) is 7.41. The van der Waals surface area contributed by atoms with Gasteiger partial charge in [0.05, 0.1) is 6.61 Å². The van der Waals surface area contributed by atoms with Gasteiger partial charge in [-0.05, 0) is 32.2 Å². The minimum Gasteiger partial charge on any atom is -0.395 e. The second kappa shape index (κ2) is 8.44. The second-order valence-electron chi connectivity index (χ2n) is 4.72. The molecule has 0 aromatic carbocycles. The molecule has 1 aliphatic carbocycles. The van der Waals surface area contributed by atoms with Crippen LogP contribution in [0.3, 0.4) is 0 Å². The Labute approximate surface area is 103 Å². The molecule has 100 valence electrons.